The highest BCUT2D eigenvalue weighted by Gasteiger charge is 2.38. The molecule has 0 spiro atoms. The van der Waals surface area contributed by atoms with E-state index in [-0.39, 0.29) is 24.2 Å². The summed E-state index contributed by atoms with van der Waals surface area (Å²) in [5, 5.41) is 3.75. The normalized spacial score (nSPS) is 19.2. The van der Waals surface area contributed by atoms with Crippen LogP contribution in [-0.4, -0.2) is 104 Å². The molecule has 0 N–H and O–H groups in total. The molecule has 210 valence electrons. The van der Waals surface area contributed by atoms with Crippen LogP contribution in [-0.2, 0) is 17.5 Å². The Morgan fingerprint density at radius 2 is 1.69 bits per heavy atom. The minimum absolute atomic E-state index is 0.0675. The molecule has 5 heterocycles. The minimum Gasteiger partial charge on any atom is -0.358 e. The Hall–Kier alpha value is -3.33. The number of nitrogens with zero attached hydrogens (tertiary/aromatic N) is 10. The monoisotopic (exact) mass is 564 g/mol. The number of aromatic nitrogens is 6. The van der Waals surface area contributed by atoms with Crippen LogP contribution in [0.2, 0.25) is 0 Å². The summed E-state index contributed by atoms with van der Waals surface area (Å²) in [6.45, 7) is 9.97. The number of piperazine rings is 2. The number of amides is 1. The van der Waals surface area contributed by atoms with Crippen LogP contribution in [0, 0.1) is 13.8 Å². The second-order valence-corrected chi connectivity index (χ2v) is 11.0. The average molecular weight is 565 g/mol. The zero-order chi connectivity index (χ0) is 27.9. The Morgan fingerprint density at radius 3 is 2.28 bits per heavy atom. The van der Waals surface area contributed by atoms with E-state index in [9.17, 15) is 18.0 Å². The van der Waals surface area contributed by atoms with Crippen molar-refractivity contribution in [3.8, 4) is 11.3 Å². The second kappa shape index (κ2) is 10.7. The summed E-state index contributed by atoms with van der Waals surface area (Å²) in [6, 6.07) is -0.226. The number of carbonyl (C=O) groups is 1. The summed E-state index contributed by atoms with van der Waals surface area (Å²) >= 11 is 0.612. The van der Waals surface area contributed by atoms with E-state index in [4.69, 9.17) is 0 Å². The summed E-state index contributed by atoms with van der Waals surface area (Å²) in [7, 11) is 2.05. The van der Waals surface area contributed by atoms with Gasteiger partial charge in [0.2, 0.25) is 16.9 Å². The van der Waals surface area contributed by atoms with Crippen LogP contribution in [0.1, 0.15) is 23.6 Å². The maximum atomic E-state index is 13.7. The number of alkyl halides is 3. The molecule has 3 aromatic heterocycles. The molecule has 5 rings (SSSR count). The Morgan fingerprint density at radius 1 is 1.03 bits per heavy atom. The number of hydrogen-bond donors (Lipinski definition) is 0. The molecule has 2 fully saturated rings. The van der Waals surface area contributed by atoms with Crippen LogP contribution in [0.4, 0.5) is 24.1 Å². The van der Waals surface area contributed by atoms with Crippen molar-refractivity contribution in [1.29, 1.82) is 0 Å². The standard InChI is InChI=1S/C24H31F3N10OS/c1-15-13-35(9-10-36(15)19(38)14-37-17(3)30-16(2)32-37)21-20(31-22(39-21)24(25,26)27)18-11-28-23(29-12-18)34-7-5-33(4)6-8-34/h11-12,15H,5-10,13-14H2,1-4H3/t15-/m1/s1. The molecular weight excluding hydrogens is 533 g/mol. The number of rotatable bonds is 5. The molecule has 1 atom stereocenters. The number of thiazole rings is 1. The molecule has 2 aliphatic heterocycles. The Bertz CT molecular complexity index is 1320. The molecule has 2 aliphatic rings. The van der Waals surface area contributed by atoms with Crippen molar-refractivity contribution in [3.05, 3.63) is 29.1 Å². The molecule has 0 bridgehead atoms. The first-order valence-electron chi connectivity index (χ1n) is 12.8. The van der Waals surface area contributed by atoms with Gasteiger partial charge in [0.25, 0.3) is 0 Å². The van der Waals surface area contributed by atoms with Crippen molar-refractivity contribution in [2.24, 2.45) is 0 Å². The van der Waals surface area contributed by atoms with E-state index in [1.807, 2.05) is 11.8 Å². The van der Waals surface area contributed by atoms with Crippen LogP contribution in [0.3, 0.4) is 0 Å². The molecule has 0 radical (unpaired) electrons. The van der Waals surface area contributed by atoms with Crippen LogP contribution in [0.25, 0.3) is 11.3 Å². The average Bonchev–Trinajstić information content (AvgIpc) is 3.47. The van der Waals surface area contributed by atoms with Gasteiger partial charge in [0.15, 0.2) is 0 Å². The first-order valence-corrected chi connectivity index (χ1v) is 13.6. The molecule has 0 saturated carbocycles. The third-order valence-corrected chi connectivity index (χ3v) is 8.19. The van der Waals surface area contributed by atoms with Crippen LogP contribution in [0.5, 0.6) is 0 Å². The maximum Gasteiger partial charge on any atom is 0.443 e. The Balaban J connectivity index is 1.34. The summed E-state index contributed by atoms with van der Waals surface area (Å²) < 4.78 is 42.7. The van der Waals surface area contributed by atoms with Crippen LogP contribution < -0.4 is 9.80 Å². The van der Waals surface area contributed by atoms with Crippen LogP contribution in [0.15, 0.2) is 12.4 Å². The van der Waals surface area contributed by atoms with Gasteiger partial charge in [-0.2, -0.15) is 18.3 Å². The van der Waals surface area contributed by atoms with Gasteiger partial charge in [-0.3, -0.25) is 4.79 Å². The molecule has 0 aliphatic carbocycles. The first-order chi connectivity index (χ1) is 18.5. The summed E-state index contributed by atoms with van der Waals surface area (Å²) in [5.74, 6) is 1.70. The fourth-order valence-electron chi connectivity index (χ4n) is 4.89. The lowest BCUT2D eigenvalue weighted by atomic mass is 10.1. The first kappa shape index (κ1) is 27.2. The largest absolute Gasteiger partial charge is 0.443 e. The molecule has 15 heteroatoms. The van der Waals surface area contributed by atoms with Gasteiger partial charge in [0.05, 0.1) is 0 Å². The number of carbonyl (C=O) groups excluding carboxylic acids is 1. The smallest absolute Gasteiger partial charge is 0.358 e. The highest BCUT2D eigenvalue weighted by molar-refractivity contribution is 7.16. The van der Waals surface area contributed by atoms with E-state index >= 15 is 0 Å². The molecule has 0 aromatic carbocycles. The van der Waals surface area contributed by atoms with Crippen molar-refractivity contribution in [2.75, 3.05) is 62.7 Å². The molecule has 3 aromatic rings. The fraction of sp³-hybridized carbons (Fsp3) is 0.583. The number of anilines is 2. The maximum absolute atomic E-state index is 13.7. The predicted octanol–water partition coefficient (Wildman–Crippen LogP) is 2.32. The predicted molar refractivity (Wildman–Crippen MR) is 141 cm³/mol. The molecule has 39 heavy (non-hydrogen) atoms. The molecule has 2 saturated heterocycles. The van der Waals surface area contributed by atoms with Crippen molar-refractivity contribution in [2.45, 2.75) is 39.5 Å². The third-order valence-electron chi connectivity index (χ3n) is 7.03. The highest BCUT2D eigenvalue weighted by atomic mass is 32.1. The number of aryl methyl sites for hydroxylation is 2. The quantitative estimate of drug-likeness (QED) is 0.462. The van der Waals surface area contributed by atoms with Gasteiger partial charge in [0.1, 0.15) is 28.9 Å². The van der Waals surface area contributed by atoms with Gasteiger partial charge in [-0.05, 0) is 27.8 Å². The number of halogens is 3. The lowest BCUT2D eigenvalue weighted by molar-refractivity contribution is -0.137. The second-order valence-electron chi connectivity index (χ2n) is 9.98. The Kier molecular flexibility index (Phi) is 7.46. The van der Waals surface area contributed by atoms with E-state index in [0.717, 1.165) is 26.2 Å². The van der Waals surface area contributed by atoms with E-state index in [0.29, 0.717) is 59.1 Å². The fourth-order valence-corrected chi connectivity index (χ4v) is 5.88. The van der Waals surface area contributed by atoms with E-state index in [1.54, 1.807) is 35.8 Å². The Labute approximate surface area is 228 Å². The van der Waals surface area contributed by atoms with Crippen molar-refractivity contribution < 1.29 is 18.0 Å². The lowest BCUT2D eigenvalue weighted by Gasteiger charge is -2.40. The van der Waals surface area contributed by atoms with Gasteiger partial charge in [-0.25, -0.2) is 24.6 Å². The summed E-state index contributed by atoms with van der Waals surface area (Å²) in [4.78, 5) is 38.0. The van der Waals surface area contributed by atoms with E-state index in [1.165, 1.54) is 0 Å². The number of hydrogen-bond acceptors (Lipinski definition) is 10. The van der Waals surface area contributed by atoms with E-state index < -0.39 is 11.2 Å². The SMILES string of the molecule is Cc1nc(C)n(CC(=O)N2CCN(c3sc(C(F)(F)F)nc3-c3cnc(N4CCN(C)CC4)nc3)C[C@H]2C)n1. The van der Waals surface area contributed by atoms with Crippen molar-refractivity contribution in [1.82, 2.24) is 39.5 Å². The molecule has 0 unspecified atom stereocenters. The number of likely N-dealkylation sites (N-methyl/N-ethyl adjacent to an activating group) is 1. The third kappa shape index (κ3) is 5.83. The van der Waals surface area contributed by atoms with Gasteiger partial charge in [-0.1, -0.05) is 11.3 Å². The molecule has 1 amide bonds. The zero-order valence-electron chi connectivity index (χ0n) is 22.3. The lowest BCUT2D eigenvalue weighted by Crippen LogP contribution is -2.54. The minimum atomic E-state index is -4.57. The highest BCUT2D eigenvalue weighted by Crippen LogP contribution is 2.43. The van der Waals surface area contributed by atoms with Crippen molar-refractivity contribution >= 4 is 28.2 Å². The summed E-state index contributed by atoms with van der Waals surface area (Å²) in [5.41, 5.74) is 0.635. The molecular formula is C24H31F3N10OS. The zero-order valence-corrected chi connectivity index (χ0v) is 23.1. The van der Waals surface area contributed by atoms with E-state index in [2.05, 4.69) is 41.9 Å². The topological polar surface area (TPSA) is 99.4 Å². The van der Waals surface area contributed by atoms with Gasteiger partial charge in [-0.15, -0.1) is 0 Å². The van der Waals surface area contributed by atoms with Crippen LogP contribution >= 0.6 is 11.3 Å². The van der Waals surface area contributed by atoms with Gasteiger partial charge in [0, 0.05) is 69.8 Å². The molecule has 11 nitrogen and oxygen atoms in total. The van der Waals surface area contributed by atoms with Crippen molar-refractivity contribution in [3.63, 3.8) is 0 Å². The van der Waals surface area contributed by atoms with Gasteiger partial charge < -0.3 is 19.6 Å². The summed E-state index contributed by atoms with van der Waals surface area (Å²) in [6.07, 6.45) is -1.48. The van der Waals surface area contributed by atoms with Gasteiger partial charge >= 0.3 is 6.18 Å².